The van der Waals surface area contributed by atoms with Gasteiger partial charge in [0.2, 0.25) is 0 Å². The van der Waals surface area contributed by atoms with Gasteiger partial charge in [0.1, 0.15) is 0 Å². The third kappa shape index (κ3) is 3.93. The maximum atomic E-state index is 12.9. The summed E-state index contributed by atoms with van der Waals surface area (Å²) in [6.07, 6.45) is 6.21. The predicted octanol–water partition coefficient (Wildman–Crippen LogP) is 5.66. The van der Waals surface area contributed by atoms with Crippen molar-refractivity contribution in [2.75, 3.05) is 6.61 Å². The molecule has 1 heterocycles. The van der Waals surface area contributed by atoms with Gasteiger partial charge in [-0.3, -0.25) is 9.09 Å². The first-order valence-corrected chi connectivity index (χ1v) is 9.14. The molecule has 0 aromatic rings. The van der Waals surface area contributed by atoms with Crippen LogP contribution in [0.1, 0.15) is 73.1 Å². The average Bonchev–Trinajstić information content (AvgIpc) is 2.50. The third-order valence-electron chi connectivity index (χ3n) is 3.60. The lowest BCUT2D eigenvalue weighted by molar-refractivity contribution is 0.125. The van der Waals surface area contributed by atoms with E-state index in [2.05, 4.69) is 13.8 Å². The highest BCUT2D eigenvalue weighted by Gasteiger charge is 2.47. The lowest BCUT2D eigenvalue weighted by Gasteiger charge is -2.22. The van der Waals surface area contributed by atoms with Crippen LogP contribution in [0.5, 0.6) is 0 Å². The first-order valence-electron chi connectivity index (χ1n) is 7.59. The standard InChI is InChI=1S/C15H29O3P/c1-6-9-11-13-14(12-10-7-2)19(16,17-8-3)18-15(13,4)5/h6-12H2,1-5H3. The topological polar surface area (TPSA) is 35.5 Å². The highest BCUT2D eigenvalue weighted by atomic mass is 31.2. The summed E-state index contributed by atoms with van der Waals surface area (Å²) >= 11 is 0. The Labute approximate surface area is 118 Å². The number of unbranched alkanes of at least 4 members (excludes halogenated alkanes) is 2. The van der Waals surface area contributed by atoms with Crippen molar-refractivity contribution >= 4 is 7.60 Å². The van der Waals surface area contributed by atoms with Crippen molar-refractivity contribution in [2.24, 2.45) is 0 Å². The Hall–Kier alpha value is -0.110. The van der Waals surface area contributed by atoms with Crippen LogP contribution in [0.15, 0.2) is 10.9 Å². The van der Waals surface area contributed by atoms with E-state index < -0.39 is 13.2 Å². The normalized spacial score (nSPS) is 26.2. The molecule has 1 aliphatic rings. The Bertz CT molecular complexity index is 372. The second kappa shape index (κ2) is 7.06. The highest BCUT2D eigenvalue weighted by Crippen LogP contribution is 2.68. The summed E-state index contributed by atoms with van der Waals surface area (Å²) in [5, 5.41) is 0.967. The fourth-order valence-corrected chi connectivity index (χ4v) is 5.14. The van der Waals surface area contributed by atoms with Crippen molar-refractivity contribution in [3.05, 3.63) is 10.9 Å². The Balaban J connectivity index is 3.09. The van der Waals surface area contributed by atoms with Crippen LogP contribution in [0, 0.1) is 0 Å². The van der Waals surface area contributed by atoms with Gasteiger partial charge in [-0.1, -0.05) is 26.7 Å². The van der Waals surface area contributed by atoms with Gasteiger partial charge in [-0.05, 0) is 52.0 Å². The summed E-state index contributed by atoms with van der Waals surface area (Å²) in [5.41, 5.74) is 0.780. The number of rotatable bonds is 8. The Morgan fingerprint density at radius 3 is 2.21 bits per heavy atom. The molecule has 0 spiro atoms. The van der Waals surface area contributed by atoms with Gasteiger partial charge in [-0.2, -0.15) is 0 Å². The first-order chi connectivity index (χ1) is 8.91. The van der Waals surface area contributed by atoms with E-state index in [9.17, 15) is 4.57 Å². The Morgan fingerprint density at radius 2 is 1.68 bits per heavy atom. The maximum Gasteiger partial charge on any atom is 0.358 e. The van der Waals surface area contributed by atoms with Crippen molar-refractivity contribution in [3.8, 4) is 0 Å². The van der Waals surface area contributed by atoms with Gasteiger partial charge in [-0.15, -0.1) is 0 Å². The van der Waals surface area contributed by atoms with Gasteiger partial charge < -0.3 is 4.52 Å². The molecule has 0 N–H and O–H groups in total. The van der Waals surface area contributed by atoms with Crippen LogP contribution in [0.4, 0.5) is 0 Å². The lowest BCUT2D eigenvalue weighted by atomic mass is 9.92. The summed E-state index contributed by atoms with van der Waals surface area (Å²) in [5.74, 6) is 0. The molecule has 1 rings (SSSR count). The molecule has 0 saturated heterocycles. The zero-order valence-electron chi connectivity index (χ0n) is 13.1. The quantitative estimate of drug-likeness (QED) is 0.541. The molecular weight excluding hydrogens is 259 g/mol. The zero-order chi connectivity index (χ0) is 14.5. The van der Waals surface area contributed by atoms with Gasteiger partial charge in [0.25, 0.3) is 0 Å². The van der Waals surface area contributed by atoms with E-state index in [0.717, 1.165) is 43.8 Å². The van der Waals surface area contributed by atoms with E-state index >= 15 is 0 Å². The van der Waals surface area contributed by atoms with Crippen LogP contribution < -0.4 is 0 Å². The number of hydrogen-bond acceptors (Lipinski definition) is 3. The minimum Gasteiger partial charge on any atom is -0.306 e. The van der Waals surface area contributed by atoms with E-state index in [0.29, 0.717) is 6.61 Å². The highest BCUT2D eigenvalue weighted by molar-refractivity contribution is 7.58. The second-order valence-electron chi connectivity index (χ2n) is 5.65. The van der Waals surface area contributed by atoms with Crippen molar-refractivity contribution in [2.45, 2.75) is 78.7 Å². The molecule has 1 atom stereocenters. The van der Waals surface area contributed by atoms with Gasteiger partial charge in [0, 0.05) is 5.31 Å². The van der Waals surface area contributed by atoms with Crippen molar-refractivity contribution in [1.82, 2.24) is 0 Å². The average molecular weight is 288 g/mol. The Morgan fingerprint density at radius 1 is 1.11 bits per heavy atom. The fraction of sp³-hybridized carbons (Fsp3) is 0.867. The predicted molar refractivity (Wildman–Crippen MR) is 80.5 cm³/mol. The SMILES string of the molecule is CCCCC1=C(CCCC)P(=O)(OCC)OC1(C)C. The van der Waals surface area contributed by atoms with Gasteiger partial charge in [-0.25, -0.2) is 0 Å². The first kappa shape index (κ1) is 16.9. The van der Waals surface area contributed by atoms with Gasteiger partial charge >= 0.3 is 7.60 Å². The minimum absolute atomic E-state index is 0.435. The molecule has 0 aromatic heterocycles. The van der Waals surface area contributed by atoms with E-state index in [-0.39, 0.29) is 0 Å². The van der Waals surface area contributed by atoms with E-state index in [1.165, 1.54) is 5.57 Å². The molecule has 1 aliphatic heterocycles. The monoisotopic (exact) mass is 288 g/mol. The fourth-order valence-electron chi connectivity index (χ4n) is 2.63. The smallest absolute Gasteiger partial charge is 0.306 e. The molecule has 0 amide bonds. The molecule has 0 radical (unpaired) electrons. The maximum absolute atomic E-state index is 12.9. The molecular formula is C15H29O3P. The molecule has 0 bridgehead atoms. The lowest BCUT2D eigenvalue weighted by Crippen LogP contribution is -2.21. The van der Waals surface area contributed by atoms with Crippen molar-refractivity contribution in [1.29, 1.82) is 0 Å². The van der Waals surface area contributed by atoms with Crippen LogP contribution in [0.2, 0.25) is 0 Å². The molecule has 19 heavy (non-hydrogen) atoms. The molecule has 0 fully saturated rings. The summed E-state index contributed by atoms with van der Waals surface area (Å²) in [6, 6.07) is 0. The molecule has 0 aromatic carbocycles. The third-order valence-corrected chi connectivity index (χ3v) is 6.05. The van der Waals surface area contributed by atoms with Gasteiger partial charge in [0.15, 0.2) is 0 Å². The number of allylic oxidation sites excluding steroid dienone is 1. The molecule has 1 unspecified atom stereocenters. The minimum atomic E-state index is -3.05. The van der Waals surface area contributed by atoms with Crippen LogP contribution in [-0.4, -0.2) is 12.2 Å². The van der Waals surface area contributed by atoms with Crippen LogP contribution >= 0.6 is 7.60 Å². The number of hydrogen-bond donors (Lipinski definition) is 0. The van der Waals surface area contributed by atoms with Gasteiger partial charge in [0.05, 0.1) is 12.2 Å². The second-order valence-corrected chi connectivity index (χ2v) is 7.62. The van der Waals surface area contributed by atoms with Crippen molar-refractivity contribution in [3.63, 3.8) is 0 Å². The summed E-state index contributed by atoms with van der Waals surface area (Å²) in [7, 11) is -3.05. The van der Waals surface area contributed by atoms with Crippen molar-refractivity contribution < 1.29 is 13.6 Å². The van der Waals surface area contributed by atoms with E-state index in [1.807, 2.05) is 20.8 Å². The van der Waals surface area contributed by atoms with E-state index in [4.69, 9.17) is 9.05 Å². The molecule has 3 nitrogen and oxygen atoms in total. The largest absolute Gasteiger partial charge is 0.358 e. The molecule has 112 valence electrons. The zero-order valence-corrected chi connectivity index (χ0v) is 14.0. The summed E-state index contributed by atoms with van der Waals surface area (Å²) in [6.45, 7) is 10.7. The molecule has 4 heteroatoms. The van der Waals surface area contributed by atoms with Crippen LogP contribution in [0.3, 0.4) is 0 Å². The summed E-state index contributed by atoms with van der Waals surface area (Å²) < 4.78 is 24.3. The molecule has 0 aliphatic carbocycles. The van der Waals surface area contributed by atoms with Crippen LogP contribution in [0.25, 0.3) is 0 Å². The molecule has 0 saturated carbocycles. The Kier molecular flexibility index (Phi) is 6.29. The van der Waals surface area contributed by atoms with Crippen LogP contribution in [-0.2, 0) is 13.6 Å². The van der Waals surface area contributed by atoms with E-state index in [1.54, 1.807) is 0 Å². The summed E-state index contributed by atoms with van der Waals surface area (Å²) in [4.78, 5) is 0.